The van der Waals surface area contributed by atoms with Gasteiger partial charge < -0.3 is 4.74 Å². The number of carbonyl (C=O) groups excluding carboxylic acids is 1. The molecule has 0 aliphatic heterocycles. The van der Waals surface area contributed by atoms with Gasteiger partial charge in [0.1, 0.15) is 0 Å². The number of unbranched alkanes of at least 4 members (excludes halogenated alkanes) is 3. The molecule has 1 saturated carbocycles. The lowest BCUT2D eigenvalue weighted by Crippen LogP contribution is -2.11. The molecule has 0 spiro atoms. The molecule has 2 heteroatoms. The number of hydrogen-bond acceptors (Lipinski definition) is 2. The smallest absolute Gasteiger partial charge is 0.308 e. The molecule has 1 atom stereocenters. The molecule has 1 aliphatic rings. The summed E-state index contributed by atoms with van der Waals surface area (Å²) in [4.78, 5) is 11.3. The van der Waals surface area contributed by atoms with Gasteiger partial charge in [-0.2, -0.15) is 0 Å². The second-order valence-corrected chi connectivity index (χ2v) is 4.32. The topological polar surface area (TPSA) is 26.3 Å². The van der Waals surface area contributed by atoms with Gasteiger partial charge in [0.25, 0.3) is 0 Å². The highest BCUT2D eigenvalue weighted by Gasteiger charge is 2.26. The van der Waals surface area contributed by atoms with E-state index >= 15 is 0 Å². The first-order chi connectivity index (χ1) is 7.27. The lowest BCUT2D eigenvalue weighted by Gasteiger charge is -2.04. The van der Waals surface area contributed by atoms with Gasteiger partial charge in [-0.3, -0.25) is 4.79 Å². The van der Waals surface area contributed by atoms with Crippen molar-refractivity contribution in [2.75, 3.05) is 7.11 Å². The van der Waals surface area contributed by atoms with Crippen LogP contribution in [0, 0.1) is 5.92 Å². The highest BCUT2D eigenvalue weighted by Crippen LogP contribution is 2.31. The maximum absolute atomic E-state index is 11.3. The minimum absolute atomic E-state index is 0.0352. The number of hydrogen-bond donors (Lipinski definition) is 0. The van der Waals surface area contributed by atoms with Gasteiger partial charge in [0, 0.05) is 0 Å². The van der Waals surface area contributed by atoms with Crippen molar-refractivity contribution >= 4 is 5.97 Å². The predicted octanol–water partition coefficient (Wildman–Crippen LogP) is 3.47. The standard InChI is InChI=1S/C13H22O2/c1-3-4-5-6-7-11-8-9-12(10-11)13(14)15-2/h7,12H,3-6,8-10H2,1-2H3/b11-7+. The zero-order valence-corrected chi connectivity index (χ0v) is 9.92. The Balaban J connectivity index is 2.26. The van der Waals surface area contributed by atoms with Crippen LogP contribution in [-0.2, 0) is 9.53 Å². The van der Waals surface area contributed by atoms with Crippen molar-refractivity contribution in [3.05, 3.63) is 11.6 Å². The zero-order valence-electron chi connectivity index (χ0n) is 9.92. The van der Waals surface area contributed by atoms with Crippen LogP contribution in [-0.4, -0.2) is 13.1 Å². The summed E-state index contributed by atoms with van der Waals surface area (Å²) >= 11 is 0. The Morgan fingerprint density at radius 2 is 2.33 bits per heavy atom. The number of ether oxygens (including phenoxy) is 1. The van der Waals surface area contributed by atoms with Crippen LogP contribution in [0.5, 0.6) is 0 Å². The Morgan fingerprint density at radius 3 is 3.00 bits per heavy atom. The van der Waals surface area contributed by atoms with Crippen molar-refractivity contribution in [3.8, 4) is 0 Å². The molecule has 1 rings (SSSR count). The monoisotopic (exact) mass is 210 g/mol. The van der Waals surface area contributed by atoms with Crippen molar-refractivity contribution in [2.24, 2.45) is 5.92 Å². The predicted molar refractivity (Wildman–Crippen MR) is 61.6 cm³/mol. The highest BCUT2D eigenvalue weighted by atomic mass is 16.5. The molecule has 1 unspecified atom stereocenters. The summed E-state index contributed by atoms with van der Waals surface area (Å²) in [6, 6.07) is 0. The molecule has 0 bridgehead atoms. The zero-order chi connectivity index (χ0) is 11.1. The first-order valence-corrected chi connectivity index (χ1v) is 6.03. The summed E-state index contributed by atoms with van der Waals surface area (Å²) in [6.07, 6.45) is 10.4. The quantitative estimate of drug-likeness (QED) is 0.394. The lowest BCUT2D eigenvalue weighted by molar-refractivity contribution is -0.145. The molecule has 2 nitrogen and oxygen atoms in total. The van der Waals surface area contributed by atoms with Crippen LogP contribution in [0.4, 0.5) is 0 Å². The van der Waals surface area contributed by atoms with E-state index in [-0.39, 0.29) is 11.9 Å². The molecular weight excluding hydrogens is 188 g/mol. The van der Waals surface area contributed by atoms with E-state index < -0.39 is 0 Å². The van der Waals surface area contributed by atoms with Gasteiger partial charge >= 0.3 is 5.97 Å². The summed E-state index contributed by atoms with van der Waals surface area (Å²) in [5.41, 5.74) is 1.46. The number of methoxy groups -OCH3 is 1. The third-order valence-corrected chi connectivity index (χ3v) is 3.10. The highest BCUT2D eigenvalue weighted by molar-refractivity contribution is 5.73. The second kappa shape index (κ2) is 6.65. The molecule has 0 radical (unpaired) electrons. The van der Waals surface area contributed by atoms with E-state index in [9.17, 15) is 4.79 Å². The Labute approximate surface area is 92.7 Å². The largest absolute Gasteiger partial charge is 0.469 e. The van der Waals surface area contributed by atoms with Gasteiger partial charge in [-0.25, -0.2) is 0 Å². The molecule has 1 aliphatic carbocycles. The lowest BCUT2D eigenvalue weighted by atomic mass is 10.1. The average molecular weight is 210 g/mol. The normalized spacial score (nSPS) is 23.3. The minimum atomic E-state index is -0.0352. The van der Waals surface area contributed by atoms with Crippen LogP contribution in [0.15, 0.2) is 11.6 Å². The van der Waals surface area contributed by atoms with Crippen LogP contribution in [0.3, 0.4) is 0 Å². The average Bonchev–Trinajstić information content (AvgIpc) is 2.72. The fourth-order valence-electron chi connectivity index (χ4n) is 2.13. The van der Waals surface area contributed by atoms with E-state index in [1.165, 1.54) is 38.4 Å². The maximum atomic E-state index is 11.3. The number of carbonyl (C=O) groups is 1. The van der Waals surface area contributed by atoms with E-state index in [0.717, 1.165) is 19.3 Å². The van der Waals surface area contributed by atoms with Crippen LogP contribution in [0.1, 0.15) is 51.9 Å². The van der Waals surface area contributed by atoms with Gasteiger partial charge in [-0.15, -0.1) is 0 Å². The van der Waals surface area contributed by atoms with Gasteiger partial charge in [-0.1, -0.05) is 31.4 Å². The van der Waals surface area contributed by atoms with E-state index in [1.807, 2.05) is 0 Å². The SMILES string of the molecule is CCCCC/C=C1\CCC(C(=O)OC)C1. The van der Waals surface area contributed by atoms with Crippen molar-refractivity contribution < 1.29 is 9.53 Å². The third kappa shape index (κ3) is 4.06. The summed E-state index contributed by atoms with van der Waals surface area (Å²) in [5, 5.41) is 0. The Kier molecular flexibility index (Phi) is 5.44. The summed E-state index contributed by atoms with van der Waals surface area (Å²) in [6.45, 7) is 2.22. The fourth-order valence-corrected chi connectivity index (χ4v) is 2.13. The molecular formula is C13H22O2. The fraction of sp³-hybridized carbons (Fsp3) is 0.769. The van der Waals surface area contributed by atoms with Gasteiger partial charge in [0.05, 0.1) is 13.0 Å². The summed E-state index contributed by atoms with van der Waals surface area (Å²) in [7, 11) is 1.48. The first kappa shape index (κ1) is 12.3. The molecule has 86 valence electrons. The van der Waals surface area contributed by atoms with E-state index in [1.54, 1.807) is 0 Å². The second-order valence-electron chi connectivity index (χ2n) is 4.32. The molecule has 1 fully saturated rings. The first-order valence-electron chi connectivity index (χ1n) is 6.03. The maximum Gasteiger partial charge on any atom is 0.308 e. The van der Waals surface area contributed by atoms with Crippen LogP contribution in [0.25, 0.3) is 0 Å². The van der Waals surface area contributed by atoms with Gasteiger partial charge in [-0.05, 0) is 32.1 Å². The Morgan fingerprint density at radius 1 is 1.53 bits per heavy atom. The number of esters is 1. The van der Waals surface area contributed by atoms with Crippen LogP contribution >= 0.6 is 0 Å². The molecule has 0 saturated heterocycles. The van der Waals surface area contributed by atoms with Crippen LogP contribution < -0.4 is 0 Å². The summed E-state index contributed by atoms with van der Waals surface area (Å²) < 4.78 is 4.76. The molecule has 15 heavy (non-hydrogen) atoms. The van der Waals surface area contributed by atoms with E-state index in [4.69, 9.17) is 4.74 Å². The molecule has 0 amide bonds. The molecule has 0 N–H and O–H groups in total. The Bertz CT molecular complexity index is 231. The van der Waals surface area contributed by atoms with Crippen LogP contribution in [0.2, 0.25) is 0 Å². The minimum Gasteiger partial charge on any atom is -0.469 e. The number of allylic oxidation sites excluding steroid dienone is 2. The van der Waals surface area contributed by atoms with Gasteiger partial charge in [0.2, 0.25) is 0 Å². The molecule has 0 aromatic carbocycles. The van der Waals surface area contributed by atoms with Gasteiger partial charge in [0.15, 0.2) is 0 Å². The molecule has 0 aromatic heterocycles. The number of rotatable bonds is 5. The van der Waals surface area contributed by atoms with Crippen molar-refractivity contribution in [3.63, 3.8) is 0 Å². The van der Waals surface area contributed by atoms with Crippen molar-refractivity contribution in [1.82, 2.24) is 0 Å². The van der Waals surface area contributed by atoms with E-state index in [2.05, 4.69) is 13.0 Å². The molecule has 0 aromatic rings. The van der Waals surface area contributed by atoms with Crippen molar-refractivity contribution in [2.45, 2.75) is 51.9 Å². The van der Waals surface area contributed by atoms with E-state index in [0.29, 0.717) is 0 Å². The summed E-state index contributed by atoms with van der Waals surface area (Å²) in [5.74, 6) is 0.0967. The Hall–Kier alpha value is -0.790. The third-order valence-electron chi connectivity index (χ3n) is 3.10. The van der Waals surface area contributed by atoms with Crippen molar-refractivity contribution in [1.29, 1.82) is 0 Å². The molecule has 0 heterocycles.